The second kappa shape index (κ2) is 9.20. The van der Waals surface area contributed by atoms with E-state index in [2.05, 4.69) is 5.32 Å². The molecule has 3 aromatic carbocycles. The first kappa shape index (κ1) is 22.3. The van der Waals surface area contributed by atoms with Crippen molar-refractivity contribution in [1.29, 1.82) is 0 Å². The van der Waals surface area contributed by atoms with Crippen LogP contribution >= 0.6 is 11.6 Å². The van der Waals surface area contributed by atoms with Crippen molar-refractivity contribution in [3.8, 4) is 0 Å². The smallest absolute Gasteiger partial charge is 0.264 e. The van der Waals surface area contributed by atoms with Gasteiger partial charge in [-0.15, -0.1) is 0 Å². The summed E-state index contributed by atoms with van der Waals surface area (Å²) in [6, 6.07) is 18.6. The van der Waals surface area contributed by atoms with Crippen molar-refractivity contribution in [3.63, 3.8) is 0 Å². The van der Waals surface area contributed by atoms with E-state index in [9.17, 15) is 18.0 Å². The van der Waals surface area contributed by atoms with Crippen molar-refractivity contribution in [2.45, 2.75) is 11.8 Å². The van der Waals surface area contributed by atoms with Gasteiger partial charge >= 0.3 is 0 Å². The second-order valence-corrected chi connectivity index (χ2v) is 9.04. The number of nitrogens with one attached hydrogen (secondary N) is 1. The maximum Gasteiger partial charge on any atom is 0.264 e. The van der Waals surface area contributed by atoms with Crippen LogP contribution in [0.4, 0.5) is 11.4 Å². The first-order valence-corrected chi connectivity index (χ1v) is 11.0. The van der Waals surface area contributed by atoms with Gasteiger partial charge in [0.15, 0.2) is 0 Å². The summed E-state index contributed by atoms with van der Waals surface area (Å²) < 4.78 is 27.7. The zero-order valence-corrected chi connectivity index (χ0v) is 18.2. The molecule has 7 nitrogen and oxygen atoms in total. The fourth-order valence-corrected chi connectivity index (χ4v) is 4.58. The fourth-order valence-electron chi connectivity index (χ4n) is 2.92. The van der Waals surface area contributed by atoms with E-state index >= 15 is 0 Å². The highest BCUT2D eigenvalue weighted by molar-refractivity contribution is 7.92. The van der Waals surface area contributed by atoms with E-state index < -0.39 is 28.4 Å². The molecule has 3 rings (SSSR count). The summed E-state index contributed by atoms with van der Waals surface area (Å²) in [5, 5.41) is 2.98. The van der Waals surface area contributed by atoms with Gasteiger partial charge in [-0.05, 0) is 61.0 Å². The van der Waals surface area contributed by atoms with Crippen molar-refractivity contribution in [3.05, 3.63) is 88.9 Å². The summed E-state index contributed by atoms with van der Waals surface area (Å²) in [5.41, 5.74) is 6.85. The van der Waals surface area contributed by atoms with Gasteiger partial charge in [0.25, 0.3) is 10.0 Å². The van der Waals surface area contributed by atoms with Crippen LogP contribution in [0.15, 0.2) is 77.7 Å². The number of carbonyl (C=O) groups excluding carboxylic acids is 2. The number of halogens is 1. The molecule has 0 bridgehead atoms. The number of nitrogens with two attached hydrogens (primary N) is 1. The van der Waals surface area contributed by atoms with Gasteiger partial charge < -0.3 is 11.1 Å². The van der Waals surface area contributed by atoms with Gasteiger partial charge in [-0.2, -0.15) is 0 Å². The topological polar surface area (TPSA) is 110 Å². The SMILES string of the molecule is Cc1ccc(Cl)cc1N(CC(=O)Nc1ccc(C(N)=O)cc1)S(=O)(=O)c1ccccc1. The molecule has 0 aliphatic carbocycles. The van der Waals surface area contributed by atoms with Crippen LogP contribution in [0.2, 0.25) is 5.02 Å². The highest BCUT2D eigenvalue weighted by Gasteiger charge is 2.28. The Hall–Kier alpha value is -3.36. The lowest BCUT2D eigenvalue weighted by Crippen LogP contribution is -2.38. The summed E-state index contributed by atoms with van der Waals surface area (Å²) in [6.07, 6.45) is 0. The number of hydrogen-bond donors (Lipinski definition) is 2. The number of aryl methyl sites for hydroxylation is 1. The molecule has 160 valence electrons. The molecule has 0 saturated carbocycles. The Labute approximate surface area is 185 Å². The molecule has 0 aromatic heterocycles. The van der Waals surface area contributed by atoms with Gasteiger partial charge in [0.2, 0.25) is 11.8 Å². The van der Waals surface area contributed by atoms with E-state index in [1.54, 1.807) is 37.3 Å². The molecule has 2 amide bonds. The van der Waals surface area contributed by atoms with Gasteiger partial charge in [0.1, 0.15) is 6.54 Å². The monoisotopic (exact) mass is 457 g/mol. The van der Waals surface area contributed by atoms with E-state index in [0.717, 1.165) is 4.31 Å². The van der Waals surface area contributed by atoms with Crippen LogP contribution in [0, 0.1) is 6.92 Å². The molecule has 0 atom stereocenters. The molecule has 9 heteroatoms. The zero-order valence-electron chi connectivity index (χ0n) is 16.6. The third kappa shape index (κ3) is 5.22. The number of hydrogen-bond acceptors (Lipinski definition) is 4. The quantitative estimate of drug-likeness (QED) is 0.565. The standard InChI is InChI=1S/C22H20ClN3O4S/c1-15-7-10-17(23)13-20(15)26(31(29,30)19-5-3-2-4-6-19)14-21(27)25-18-11-8-16(9-12-18)22(24)28/h2-13H,14H2,1H3,(H2,24,28)(H,25,27). The van der Waals surface area contributed by atoms with Crippen molar-refractivity contribution in [1.82, 2.24) is 0 Å². The first-order valence-electron chi connectivity index (χ1n) is 9.22. The second-order valence-electron chi connectivity index (χ2n) is 6.75. The number of sulfonamides is 1. The normalized spacial score (nSPS) is 11.0. The Balaban J connectivity index is 1.94. The Morgan fingerprint density at radius 2 is 1.65 bits per heavy atom. The number of anilines is 2. The Bertz CT molecular complexity index is 1210. The van der Waals surface area contributed by atoms with E-state index in [4.69, 9.17) is 17.3 Å². The van der Waals surface area contributed by atoms with Crippen LogP contribution in [0.3, 0.4) is 0 Å². The predicted molar refractivity (Wildman–Crippen MR) is 121 cm³/mol. The summed E-state index contributed by atoms with van der Waals surface area (Å²) in [4.78, 5) is 24.0. The molecular formula is C22H20ClN3O4S. The molecule has 3 N–H and O–H groups in total. The minimum absolute atomic E-state index is 0.0491. The summed E-state index contributed by atoms with van der Waals surface area (Å²) in [5.74, 6) is -1.15. The lowest BCUT2D eigenvalue weighted by Gasteiger charge is -2.26. The van der Waals surface area contributed by atoms with E-state index in [-0.39, 0.29) is 4.90 Å². The molecule has 0 spiro atoms. The number of amides is 2. The van der Waals surface area contributed by atoms with Gasteiger partial charge in [-0.1, -0.05) is 35.9 Å². The van der Waals surface area contributed by atoms with Gasteiger partial charge in [0, 0.05) is 16.3 Å². The van der Waals surface area contributed by atoms with Crippen molar-refractivity contribution in [2.75, 3.05) is 16.2 Å². The summed E-state index contributed by atoms with van der Waals surface area (Å²) in [6.45, 7) is 1.26. The molecule has 0 aliphatic rings. The number of carbonyl (C=O) groups is 2. The zero-order chi connectivity index (χ0) is 22.6. The highest BCUT2D eigenvalue weighted by Crippen LogP contribution is 2.29. The molecule has 0 saturated heterocycles. The summed E-state index contributed by atoms with van der Waals surface area (Å²) >= 11 is 6.10. The molecule has 3 aromatic rings. The largest absolute Gasteiger partial charge is 0.366 e. The maximum absolute atomic E-state index is 13.4. The van der Waals surface area contributed by atoms with Crippen LogP contribution in [0.1, 0.15) is 15.9 Å². The Morgan fingerprint density at radius 3 is 2.26 bits per heavy atom. The number of primary amides is 1. The lowest BCUT2D eigenvalue weighted by atomic mass is 10.2. The summed E-state index contributed by atoms with van der Waals surface area (Å²) in [7, 11) is -4.05. The molecule has 0 heterocycles. The first-order chi connectivity index (χ1) is 14.7. The predicted octanol–water partition coefficient (Wildman–Crippen LogP) is 3.58. The van der Waals surface area contributed by atoms with Gasteiger partial charge in [0.05, 0.1) is 10.6 Å². The molecule has 0 fully saturated rings. The minimum atomic E-state index is -4.05. The van der Waals surface area contributed by atoms with E-state index in [1.807, 2.05) is 0 Å². The average molecular weight is 458 g/mol. The number of rotatable bonds is 7. The number of nitrogens with zero attached hydrogens (tertiary/aromatic N) is 1. The fraction of sp³-hybridized carbons (Fsp3) is 0.0909. The van der Waals surface area contributed by atoms with Crippen molar-refractivity contribution >= 4 is 44.8 Å². The third-order valence-corrected chi connectivity index (χ3v) is 6.52. The van der Waals surface area contributed by atoms with Crippen LogP contribution in [0.5, 0.6) is 0 Å². The lowest BCUT2D eigenvalue weighted by molar-refractivity contribution is -0.114. The van der Waals surface area contributed by atoms with Gasteiger partial charge in [-0.25, -0.2) is 8.42 Å². The van der Waals surface area contributed by atoms with Gasteiger partial charge in [-0.3, -0.25) is 13.9 Å². The van der Waals surface area contributed by atoms with E-state index in [1.165, 1.54) is 42.5 Å². The van der Waals surface area contributed by atoms with Crippen LogP contribution in [0.25, 0.3) is 0 Å². The minimum Gasteiger partial charge on any atom is -0.366 e. The van der Waals surface area contributed by atoms with Crippen LogP contribution in [-0.2, 0) is 14.8 Å². The molecule has 0 unspecified atom stereocenters. The molecule has 0 radical (unpaired) electrons. The number of benzene rings is 3. The third-order valence-electron chi connectivity index (χ3n) is 4.51. The van der Waals surface area contributed by atoms with E-state index in [0.29, 0.717) is 27.5 Å². The van der Waals surface area contributed by atoms with Crippen LogP contribution < -0.4 is 15.4 Å². The highest BCUT2D eigenvalue weighted by atomic mass is 35.5. The molecular weight excluding hydrogens is 438 g/mol. The van der Waals surface area contributed by atoms with Crippen molar-refractivity contribution < 1.29 is 18.0 Å². The molecule has 0 aliphatic heterocycles. The van der Waals surface area contributed by atoms with Crippen LogP contribution in [-0.4, -0.2) is 26.8 Å². The maximum atomic E-state index is 13.4. The Kier molecular flexibility index (Phi) is 6.62. The average Bonchev–Trinajstić information content (AvgIpc) is 2.75. The van der Waals surface area contributed by atoms with Crippen molar-refractivity contribution in [2.24, 2.45) is 5.73 Å². The molecule has 31 heavy (non-hydrogen) atoms. The Morgan fingerprint density at radius 1 is 1.00 bits per heavy atom.